The summed E-state index contributed by atoms with van der Waals surface area (Å²) >= 11 is 0. The van der Waals surface area contributed by atoms with Gasteiger partial charge in [0, 0.05) is 6.42 Å². The predicted octanol–water partition coefficient (Wildman–Crippen LogP) is 4.66. The molecule has 0 aliphatic rings. The zero-order valence-corrected chi connectivity index (χ0v) is 10.4. The van der Waals surface area contributed by atoms with Gasteiger partial charge in [0.05, 0.1) is 0 Å². The van der Waals surface area contributed by atoms with Crippen LogP contribution in [-0.2, 0) is 4.79 Å². The normalized spacial score (nSPS) is 11.1. The van der Waals surface area contributed by atoms with E-state index in [1.807, 2.05) is 6.08 Å². The molecule has 0 fully saturated rings. The summed E-state index contributed by atoms with van der Waals surface area (Å²) in [4.78, 5) is 11.4. The molecule has 0 radical (unpaired) electrons. The summed E-state index contributed by atoms with van der Waals surface area (Å²) in [5.74, 6) is 0.308. The fraction of sp³-hybridized carbons (Fsp3) is 0.786. The minimum Gasteiger partial charge on any atom is -0.295 e. The highest BCUT2D eigenvalue weighted by Crippen LogP contribution is 2.04. The maximum absolute atomic E-state index is 11.4. The van der Waals surface area contributed by atoms with E-state index in [9.17, 15) is 4.79 Å². The van der Waals surface area contributed by atoms with E-state index in [2.05, 4.69) is 13.8 Å². The monoisotopic (exact) mass is 210 g/mol. The summed E-state index contributed by atoms with van der Waals surface area (Å²) in [5, 5.41) is 0. The molecule has 88 valence electrons. The third-order valence-electron chi connectivity index (χ3n) is 2.55. The molecule has 1 nitrogen and oxygen atoms in total. The largest absolute Gasteiger partial charge is 0.295 e. The highest BCUT2D eigenvalue weighted by atomic mass is 16.1. The second-order valence-corrected chi connectivity index (χ2v) is 4.18. The quantitative estimate of drug-likeness (QED) is 0.378. The maximum Gasteiger partial charge on any atom is 0.155 e. The van der Waals surface area contributed by atoms with Crippen LogP contribution in [0.5, 0.6) is 0 Å². The van der Waals surface area contributed by atoms with Gasteiger partial charge < -0.3 is 0 Å². The van der Waals surface area contributed by atoms with E-state index in [4.69, 9.17) is 0 Å². The van der Waals surface area contributed by atoms with Crippen LogP contribution < -0.4 is 0 Å². The second kappa shape index (κ2) is 11.5. The van der Waals surface area contributed by atoms with Crippen molar-refractivity contribution in [1.82, 2.24) is 0 Å². The predicted molar refractivity (Wildman–Crippen MR) is 67.0 cm³/mol. The van der Waals surface area contributed by atoms with Crippen LogP contribution in [0, 0.1) is 0 Å². The lowest BCUT2D eigenvalue weighted by Crippen LogP contribution is -1.92. The molecule has 0 atom stereocenters. The van der Waals surface area contributed by atoms with Crippen molar-refractivity contribution in [3.63, 3.8) is 0 Å². The minimum atomic E-state index is 0.308. The van der Waals surface area contributed by atoms with Crippen LogP contribution in [0.15, 0.2) is 12.2 Å². The van der Waals surface area contributed by atoms with Gasteiger partial charge in [-0.3, -0.25) is 4.79 Å². The van der Waals surface area contributed by atoms with Gasteiger partial charge in [-0.05, 0) is 25.3 Å². The first-order valence-corrected chi connectivity index (χ1v) is 6.50. The molecule has 1 heteroatoms. The molecule has 0 unspecified atom stereocenters. The van der Waals surface area contributed by atoms with Crippen LogP contribution in [0.2, 0.25) is 0 Å². The topological polar surface area (TPSA) is 17.1 Å². The van der Waals surface area contributed by atoms with E-state index in [0.29, 0.717) is 5.78 Å². The number of allylic oxidation sites excluding steroid dienone is 2. The summed E-state index contributed by atoms with van der Waals surface area (Å²) in [6, 6.07) is 0. The van der Waals surface area contributed by atoms with E-state index < -0.39 is 0 Å². The first kappa shape index (κ1) is 14.4. The van der Waals surface area contributed by atoms with Crippen molar-refractivity contribution in [2.75, 3.05) is 0 Å². The Balaban J connectivity index is 3.31. The molecule has 0 aromatic heterocycles. The Morgan fingerprint density at radius 1 is 0.933 bits per heavy atom. The molecule has 0 aliphatic heterocycles. The molecule has 0 aromatic rings. The molecule has 0 heterocycles. The fourth-order valence-electron chi connectivity index (χ4n) is 1.54. The summed E-state index contributed by atoms with van der Waals surface area (Å²) < 4.78 is 0. The SMILES string of the molecule is CCCCC/C=C/C(=O)CCCCCC. The van der Waals surface area contributed by atoms with E-state index in [-0.39, 0.29) is 0 Å². The minimum absolute atomic E-state index is 0.308. The molecule has 0 rings (SSSR count). The Hall–Kier alpha value is -0.590. The lowest BCUT2D eigenvalue weighted by molar-refractivity contribution is -0.114. The van der Waals surface area contributed by atoms with Crippen molar-refractivity contribution in [2.45, 2.75) is 71.6 Å². The Morgan fingerprint density at radius 2 is 1.60 bits per heavy atom. The molecule has 0 bridgehead atoms. The average molecular weight is 210 g/mol. The zero-order valence-electron chi connectivity index (χ0n) is 10.4. The molecule has 0 N–H and O–H groups in total. The molecular weight excluding hydrogens is 184 g/mol. The van der Waals surface area contributed by atoms with Gasteiger partial charge in [0.1, 0.15) is 0 Å². The Morgan fingerprint density at radius 3 is 2.27 bits per heavy atom. The first-order valence-electron chi connectivity index (χ1n) is 6.50. The van der Waals surface area contributed by atoms with Crippen LogP contribution in [0.25, 0.3) is 0 Å². The van der Waals surface area contributed by atoms with Crippen LogP contribution in [-0.4, -0.2) is 5.78 Å². The number of rotatable bonds is 10. The Bertz CT molecular complexity index is 170. The molecule has 0 aromatic carbocycles. The molecule has 0 aliphatic carbocycles. The highest BCUT2D eigenvalue weighted by Gasteiger charge is 1.95. The lowest BCUT2D eigenvalue weighted by atomic mass is 10.1. The van der Waals surface area contributed by atoms with Crippen molar-refractivity contribution >= 4 is 5.78 Å². The van der Waals surface area contributed by atoms with Gasteiger partial charge in [0.25, 0.3) is 0 Å². The average Bonchev–Trinajstić information content (AvgIpc) is 2.24. The van der Waals surface area contributed by atoms with Gasteiger partial charge in [-0.15, -0.1) is 0 Å². The standard InChI is InChI=1S/C14H26O/c1-3-5-7-9-11-13-14(15)12-10-8-6-4-2/h11,13H,3-10,12H2,1-2H3/b13-11+. The molecule has 15 heavy (non-hydrogen) atoms. The molecule has 0 amide bonds. The van der Waals surface area contributed by atoms with Crippen molar-refractivity contribution in [3.05, 3.63) is 12.2 Å². The summed E-state index contributed by atoms with van der Waals surface area (Å²) in [5.41, 5.74) is 0. The van der Waals surface area contributed by atoms with Gasteiger partial charge in [-0.1, -0.05) is 52.0 Å². The Labute approximate surface area is 95.0 Å². The van der Waals surface area contributed by atoms with Crippen molar-refractivity contribution in [3.8, 4) is 0 Å². The summed E-state index contributed by atoms with van der Waals surface area (Å²) in [7, 11) is 0. The van der Waals surface area contributed by atoms with Gasteiger partial charge in [0.2, 0.25) is 0 Å². The Kier molecular flexibility index (Phi) is 11.0. The number of hydrogen-bond donors (Lipinski definition) is 0. The highest BCUT2D eigenvalue weighted by molar-refractivity contribution is 5.89. The first-order chi connectivity index (χ1) is 7.31. The van der Waals surface area contributed by atoms with E-state index in [0.717, 1.165) is 19.3 Å². The lowest BCUT2D eigenvalue weighted by Gasteiger charge is -1.96. The molecule has 0 spiro atoms. The number of unbranched alkanes of at least 4 members (excludes halogenated alkanes) is 6. The third kappa shape index (κ3) is 11.3. The van der Waals surface area contributed by atoms with Crippen LogP contribution >= 0.6 is 0 Å². The zero-order chi connectivity index (χ0) is 11.4. The summed E-state index contributed by atoms with van der Waals surface area (Å²) in [6.07, 6.45) is 14.1. The van der Waals surface area contributed by atoms with E-state index >= 15 is 0 Å². The number of carbonyl (C=O) groups excluding carboxylic acids is 1. The van der Waals surface area contributed by atoms with Gasteiger partial charge >= 0.3 is 0 Å². The van der Waals surface area contributed by atoms with Gasteiger partial charge in [-0.2, -0.15) is 0 Å². The molecule has 0 saturated carbocycles. The smallest absolute Gasteiger partial charge is 0.155 e. The van der Waals surface area contributed by atoms with Gasteiger partial charge in [-0.25, -0.2) is 0 Å². The number of carbonyl (C=O) groups is 1. The molecule has 0 saturated heterocycles. The van der Waals surface area contributed by atoms with E-state index in [1.165, 1.54) is 38.5 Å². The van der Waals surface area contributed by atoms with Crippen LogP contribution in [0.3, 0.4) is 0 Å². The van der Waals surface area contributed by atoms with Crippen LogP contribution in [0.4, 0.5) is 0 Å². The third-order valence-corrected chi connectivity index (χ3v) is 2.55. The molecular formula is C14H26O. The maximum atomic E-state index is 11.4. The van der Waals surface area contributed by atoms with Crippen molar-refractivity contribution in [2.24, 2.45) is 0 Å². The van der Waals surface area contributed by atoms with Crippen molar-refractivity contribution in [1.29, 1.82) is 0 Å². The van der Waals surface area contributed by atoms with Gasteiger partial charge in [0.15, 0.2) is 5.78 Å². The van der Waals surface area contributed by atoms with E-state index in [1.54, 1.807) is 6.08 Å². The number of ketones is 1. The van der Waals surface area contributed by atoms with Crippen LogP contribution in [0.1, 0.15) is 71.6 Å². The second-order valence-electron chi connectivity index (χ2n) is 4.18. The fourth-order valence-corrected chi connectivity index (χ4v) is 1.54. The number of hydrogen-bond acceptors (Lipinski definition) is 1. The van der Waals surface area contributed by atoms with Crippen molar-refractivity contribution < 1.29 is 4.79 Å². The summed E-state index contributed by atoms with van der Waals surface area (Å²) in [6.45, 7) is 4.39.